The van der Waals surface area contributed by atoms with E-state index in [2.05, 4.69) is 0 Å². The van der Waals surface area contributed by atoms with Gasteiger partial charge in [0.05, 0.1) is 0 Å². The summed E-state index contributed by atoms with van der Waals surface area (Å²) in [5.74, 6) is -5.30. The van der Waals surface area contributed by atoms with Crippen molar-refractivity contribution in [2.45, 2.75) is 25.8 Å². The second-order valence-corrected chi connectivity index (χ2v) is 3.77. The predicted octanol–water partition coefficient (Wildman–Crippen LogP) is 1.76. The first-order valence-corrected chi connectivity index (χ1v) is 4.96. The van der Waals surface area contributed by atoms with Gasteiger partial charge in [0.2, 0.25) is 0 Å². The number of nitrogens with two attached hydrogens (primary N) is 1. The Labute approximate surface area is 96.0 Å². The van der Waals surface area contributed by atoms with E-state index in [4.69, 9.17) is 10.8 Å². The van der Waals surface area contributed by atoms with Crippen LogP contribution in [0.1, 0.15) is 17.5 Å². The van der Waals surface area contributed by atoms with Gasteiger partial charge in [-0.2, -0.15) is 0 Å². The Hall–Kier alpha value is -1.56. The molecule has 0 saturated carbocycles. The van der Waals surface area contributed by atoms with E-state index >= 15 is 0 Å². The molecule has 0 radical (unpaired) electrons. The van der Waals surface area contributed by atoms with Crippen LogP contribution in [0.4, 0.5) is 13.2 Å². The van der Waals surface area contributed by atoms with Crippen LogP contribution in [0.25, 0.3) is 0 Å². The largest absolute Gasteiger partial charge is 0.480 e. The number of carboxylic acids is 1. The van der Waals surface area contributed by atoms with Gasteiger partial charge in [-0.15, -0.1) is 0 Å². The second kappa shape index (κ2) is 5.18. The minimum atomic E-state index is -1.55. The Kier molecular flexibility index (Phi) is 4.11. The average Bonchev–Trinajstić information content (AvgIpc) is 2.25. The number of aliphatic carboxylic acids is 1. The molecule has 0 saturated heterocycles. The van der Waals surface area contributed by atoms with Gasteiger partial charge >= 0.3 is 5.97 Å². The van der Waals surface area contributed by atoms with E-state index in [0.717, 1.165) is 6.07 Å². The summed E-state index contributed by atoms with van der Waals surface area (Å²) in [6.07, 6.45) is -0.0967. The molecule has 94 valence electrons. The van der Waals surface area contributed by atoms with Crippen LogP contribution in [0.2, 0.25) is 0 Å². The topological polar surface area (TPSA) is 63.3 Å². The molecule has 1 aromatic rings. The van der Waals surface area contributed by atoms with Crippen molar-refractivity contribution in [3.05, 3.63) is 34.6 Å². The number of carbonyl (C=O) groups is 1. The molecular formula is C11H12F3NO2. The maximum Gasteiger partial charge on any atom is 0.320 e. The van der Waals surface area contributed by atoms with Crippen LogP contribution in [0.3, 0.4) is 0 Å². The molecule has 17 heavy (non-hydrogen) atoms. The maximum absolute atomic E-state index is 13.4. The lowest BCUT2D eigenvalue weighted by atomic mass is 10.00. The fraction of sp³-hybridized carbons (Fsp3) is 0.364. The third-order valence-electron chi connectivity index (χ3n) is 2.51. The highest BCUT2D eigenvalue weighted by Crippen LogP contribution is 2.21. The summed E-state index contributed by atoms with van der Waals surface area (Å²) >= 11 is 0. The van der Waals surface area contributed by atoms with Crippen molar-refractivity contribution in [1.82, 2.24) is 0 Å². The molecule has 3 N–H and O–H groups in total. The summed E-state index contributed by atoms with van der Waals surface area (Å²) in [5, 5.41) is 8.54. The molecule has 0 aromatic heterocycles. The van der Waals surface area contributed by atoms with E-state index in [9.17, 15) is 18.0 Å². The maximum atomic E-state index is 13.4. The third kappa shape index (κ3) is 2.97. The molecular weight excluding hydrogens is 235 g/mol. The fourth-order valence-electron chi connectivity index (χ4n) is 1.48. The molecule has 0 aliphatic carbocycles. The summed E-state index contributed by atoms with van der Waals surface area (Å²) < 4.78 is 39.1. The molecule has 1 unspecified atom stereocenters. The number of benzene rings is 1. The fourth-order valence-corrected chi connectivity index (χ4v) is 1.48. The summed E-state index contributed by atoms with van der Waals surface area (Å²) in [6.45, 7) is 1.42. The number of hydrogen-bond donors (Lipinski definition) is 2. The molecule has 0 heterocycles. The zero-order valence-corrected chi connectivity index (χ0v) is 9.14. The Morgan fingerprint density at radius 3 is 2.53 bits per heavy atom. The number of aryl methyl sites for hydroxylation is 1. The first kappa shape index (κ1) is 13.5. The first-order valence-electron chi connectivity index (χ1n) is 4.96. The van der Waals surface area contributed by atoms with Gasteiger partial charge in [-0.25, -0.2) is 13.2 Å². The van der Waals surface area contributed by atoms with E-state index < -0.39 is 29.5 Å². The van der Waals surface area contributed by atoms with Gasteiger partial charge in [-0.3, -0.25) is 4.79 Å². The Bertz CT molecular complexity index is 449. The molecule has 3 nitrogen and oxygen atoms in total. The summed E-state index contributed by atoms with van der Waals surface area (Å²) in [4.78, 5) is 10.5. The molecule has 0 amide bonds. The van der Waals surface area contributed by atoms with Gasteiger partial charge in [0.25, 0.3) is 0 Å². The second-order valence-electron chi connectivity index (χ2n) is 3.77. The predicted molar refractivity (Wildman–Crippen MR) is 55.0 cm³/mol. The standard InChI is InChI=1S/C11H12F3NO2/c1-5-4-7(12)10(14)9(13)6(5)2-3-8(15)11(16)17/h4,8H,2-3,15H2,1H3,(H,16,17). The van der Waals surface area contributed by atoms with Crippen molar-refractivity contribution < 1.29 is 23.1 Å². The molecule has 0 aliphatic rings. The van der Waals surface area contributed by atoms with Crippen LogP contribution in [-0.4, -0.2) is 17.1 Å². The van der Waals surface area contributed by atoms with E-state index in [0.29, 0.717) is 0 Å². The van der Waals surface area contributed by atoms with Crippen molar-refractivity contribution in [2.24, 2.45) is 5.73 Å². The third-order valence-corrected chi connectivity index (χ3v) is 2.51. The van der Waals surface area contributed by atoms with Gasteiger partial charge in [0.15, 0.2) is 17.5 Å². The highest BCUT2D eigenvalue weighted by Gasteiger charge is 2.18. The van der Waals surface area contributed by atoms with Crippen LogP contribution < -0.4 is 5.73 Å². The van der Waals surface area contributed by atoms with Crippen LogP contribution in [0.5, 0.6) is 0 Å². The van der Waals surface area contributed by atoms with Gasteiger partial charge in [0.1, 0.15) is 6.04 Å². The highest BCUT2D eigenvalue weighted by molar-refractivity contribution is 5.73. The summed E-state index contributed by atoms with van der Waals surface area (Å²) in [6, 6.07) is -0.276. The van der Waals surface area contributed by atoms with Gasteiger partial charge in [-0.05, 0) is 37.0 Å². The lowest BCUT2D eigenvalue weighted by Gasteiger charge is -2.10. The molecule has 1 rings (SSSR count). The van der Waals surface area contributed by atoms with Crippen molar-refractivity contribution in [3.8, 4) is 0 Å². The summed E-state index contributed by atoms with van der Waals surface area (Å²) in [7, 11) is 0. The van der Waals surface area contributed by atoms with Crippen LogP contribution in [0, 0.1) is 24.4 Å². The van der Waals surface area contributed by atoms with E-state index in [1.165, 1.54) is 6.92 Å². The van der Waals surface area contributed by atoms with Gasteiger partial charge in [-0.1, -0.05) is 0 Å². The molecule has 0 bridgehead atoms. The number of carboxylic acid groups (broad SMARTS) is 1. The molecule has 6 heteroatoms. The first-order chi connectivity index (χ1) is 7.84. The monoisotopic (exact) mass is 247 g/mol. The van der Waals surface area contributed by atoms with Crippen molar-refractivity contribution in [1.29, 1.82) is 0 Å². The normalized spacial score (nSPS) is 12.5. The average molecular weight is 247 g/mol. The Morgan fingerprint density at radius 1 is 1.41 bits per heavy atom. The quantitative estimate of drug-likeness (QED) is 0.797. The van der Waals surface area contributed by atoms with Crippen molar-refractivity contribution in [3.63, 3.8) is 0 Å². The van der Waals surface area contributed by atoms with E-state index in [1.54, 1.807) is 0 Å². The smallest absolute Gasteiger partial charge is 0.320 e. The lowest BCUT2D eigenvalue weighted by Crippen LogP contribution is -2.30. The minimum absolute atomic E-state index is 0.0411. The SMILES string of the molecule is Cc1cc(F)c(F)c(F)c1CCC(N)C(=O)O. The molecule has 0 aliphatic heterocycles. The summed E-state index contributed by atoms with van der Waals surface area (Å²) in [5.41, 5.74) is 5.44. The van der Waals surface area contributed by atoms with Gasteiger partial charge in [0, 0.05) is 0 Å². The van der Waals surface area contributed by atoms with Crippen molar-refractivity contribution >= 4 is 5.97 Å². The molecule has 0 fully saturated rings. The minimum Gasteiger partial charge on any atom is -0.480 e. The van der Waals surface area contributed by atoms with E-state index in [1.807, 2.05) is 0 Å². The van der Waals surface area contributed by atoms with Gasteiger partial charge < -0.3 is 10.8 Å². The van der Waals surface area contributed by atoms with E-state index in [-0.39, 0.29) is 24.0 Å². The van der Waals surface area contributed by atoms with Crippen LogP contribution in [-0.2, 0) is 11.2 Å². The zero-order valence-electron chi connectivity index (χ0n) is 9.14. The number of halogens is 3. The highest BCUT2D eigenvalue weighted by atomic mass is 19.2. The number of rotatable bonds is 4. The lowest BCUT2D eigenvalue weighted by molar-refractivity contribution is -0.138. The molecule has 1 aromatic carbocycles. The Morgan fingerprint density at radius 2 is 2.00 bits per heavy atom. The molecule has 0 spiro atoms. The Balaban J connectivity index is 2.92. The van der Waals surface area contributed by atoms with Crippen molar-refractivity contribution in [2.75, 3.05) is 0 Å². The molecule has 1 atom stereocenters. The van der Waals surface area contributed by atoms with Crippen LogP contribution in [0.15, 0.2) is 6.07 Å². The van der Waals surface area contributed by atoms with Crippen LogP contribution >= 0.6 is 0 Å². The number of hydrogen-bond acceptors (Lipinski definition) is 2. The zero-order chi connectivity index (χ0) is 13.2.